The van der Waals surface area contributed by atoms with Gasteiger partial charge in [0.15, 0.2) is 0 Å². The smallest absolute Gasteiger partial charge is 0.273 e. The summed E-state index contributed by atoms with van der Waals surface area (Å²) in [6.45, 7) is 5.67. The second kappa shape index (κ2) is 5.79. The van der Waals surface area contributed by atoms with Crippen LogP contribution in [0.15, 0.2) is 24.3 Å². The SMILES string of the molecule is CCCC(F)(F)c1cccc(CCC(C)(C)N)c1. The molecular formula is C15H23F2N. The van der Waals surface area contributed by atoms with Gasteiger partial charge in [-0.1, -0.05) is 31.5 Å². The van der Waals surface area contributed by atoms with Gasteiger partial charge in [0.2, 0.25) is 0 Å². The molecule has 1 aromatic rings. The molecule has 0 saturated heterocycles. The monoisotopic (exact) mass is 255 g/mol. The van der Waals surface area contributed by atoms with Crippen molar-refractivity contribution in [2.24, 2.45) is 5.73 Å². The van der Waals surface area contributed by atoms with Crippen LogP contribution in [0.2, 0.25) is 0 Å². The second-order valence-corrected chi connectivity index (χ2v) is 5.64. The van der Waals surface area contributed by atoms with E-state index in [2.05, 4.69) is 0 Å². The van der Waals surface area contributed by atoms with Gasteiger partial charge in [-0.15, -0.1) is 0 Å². The highest BCUT2D eigenvalue weighted by molar-refractivity contribution is 5.27. The van der Waals surface area contributed by atoms with Gasteiger partial charge in [-0.25, -0.2) is 8.78 Å². The van der Waals surface area contributed by atoms with Crippen LogP contribution in [-0.4, -0.2) is 5.54 Å². The second-order valence-electron chi connectivity index (χ2n) is 5.64. The van der Waals surface area contributed by atoms with Crippen molar-refractivity contribution in [1.82, 2.24) is 0 Å². The number of benzene rings is 1. The number of hydrogen-bond acceptors (Lipinski definition) is 1. The maximum absolute atomic E-state index is 13.8. The van der Waals surface area contributed by atoms with Crippen LogP contribution in [0, 0.1) is 0 Å². The van der Waals surface area contributed by atoms with Crippen LogP contribution in [0.4, 0.5) is 8.78 Å². The molecule has 0 aliphatic heterocycles. The molecule has 0 aliphatic rings. The van der Waals surface area contributed by atoms with E-state index in [-0.39, 0.29) is 17.5 Å². The Morgan fingerprint density at radius 3 is 2.39 bits per heavy atom. The van der Waals surface area contributed by atoms with Gasteiger partial charge in [0.05, 0.1) is 0 Å². The highest BCUT2D eigenvalue weighted by Gasteiger charge is 2.30. The maximum atomic E-state index is 13.8. The Balaban J connectivity index is 2.79. The van der Waals surface area contributed by atoms with Gasteiger partial charge < -0.3 is 5.73 Å². The molecule has 102 valence electrons. The molecule has 0 bridgehead atoms. The highest BCUT2D eigenvalue weighted by atomic mass is 19.3. The van der Waals surface area contributed by atoms with E-state index >= 15 is 0 Å². The van der Waals surface area contributed by atoms with Crippen molar-refractivity contribution in [3.05, 3.63) is 35.4 Å². The number of rotatable bonds is 6. The van der Waals surface area contributed by atoms with Crippen molar-refractivity contribution >= 4 is 0 Å². The molecule has 1 nitrogen and oxygen atoms in total. The topological polar surface area (TPSA) is 26.0 Å². The molecule has 0 heterocycles. The fraction of sp³-hybridized carbons (Fsp3) is 0.600. The summed E-state index contributed by atoms with van der Waals surface area (Å²) in [5.41, 5.74) is 6.70. The average Bonchev–Trinajstić information content (AvgIpc) is 2.26. The summed E-state index contributed by atoms with van der Waals surface area (Å²) in [5.74, 6) is -2.72. The summed E-state index contributed by atoms with van der Waals surface area (Å²) in [5, 5.41) is 0. The average molecular weight is 255 g/mol. The predicted octanol–water partition coefficient (Wildman–Crippen LogP) is 4.25. The minimum Gasteiger partial charge on any atom is -0.326 e. The summed E-state index contributed by atoms with van der Waals surface area (Å²) in [6, 6.07) is 6.71. The molecule has 18 heavy (non-hydrogen) atoms. The zero-order valence-electron chi connectivity index (χ0n) is 11.5. The van der Waals surface area contributed by atoms with E-state index in [1.165, 1.54) is 6.07 Å². The number of alkyl halides is 2. The molecule has 1 rings (SSSR count). The van der Waals surface area contributed by atoms with Gasteiger partial charge in [0, 0.05) is 17.5 Å². The van der Waals surface area contributed by atoms with Crippen molar-refractivity contribution in [2.75, 3.05) is 0 Å². The summed E-state index contributed by atoms with van der Waals surface area (Å²) in [4.78, 5) is 0. The Bertz CT molecular complexity index is 380. The van der Waals surface area contributed by atoms with Gasteiger partial charge in [0.1, 0.15) is 0 Å². The van der Waals surface area contributed by atoms with Crippen LogP contribution in [0.1, 0.15) is 51.2 Å². The number of nitrogens with two attached hydrogens (primary N) is 1. The Kier molecular flexibility index (Phi) is 4.85. The zero-order chi connectivity index (χ0) is 13.8. The van der Waals surface area contributed by atoms with E-state index < -0.39 is 5.92 Å². The van der Waals surface area contributed by atoms with Crippen LogP contribution < -0.4 is 5.73 Å². The summed E-state index contributed by atoms with van der Waals surface area (Å²) in [7, 11) is 0. The van der Waals surface area contributed by atoms with Gasteiger partial charge in [-0.2, -0.15) is 0 Å². The molecule has 0 saturated carbocycles. The standard InChI is InChI=1S/C15H23F2N/c1-4-9-15(16,17)13-7-5-6-12(11-13)8-10-14(2,3)18/h5-7,11H,4,8-10,18H2,1-3H3. The van der Waals surface area contributed by atoms with E-state index in [4.69, 9.17) is 5.73 Å². The molecule has 0 radical (unpaired) electrons. The van der Waals surface area contributed by atoms with Crippen LogP contribution in [0.3, 0.4) is 0 Å². The first-order chi connectivity index (χ1) is 8.24. The van der Waals surface area contributed by atoms with Gasteiger partial charge >= 0.3 is 0 Å². The first kappa shape index (κ1) is 15.1. The van der Waals surface area contributed by atoms with E-state index in [1.807, 2.05) is 19.9 Å². The number of aryl methyl sites for hydroxylation is 1. The van der Waals surface area contributed by atoms with Crippen LogP contribution in [-0.2, 0) is 12.3 Å². The third-order valence-corrected chi connectivity index (χ3v) is 2.97. The lowest BCUT2D eigenvalue weighted by Gasteiger charge is -2.19. The van der Waals surface area contributed by atoms with Gasteiger partial charge in [-0.3, -0.25) is 0 Å². The zero-order valence-corrected chi connectivity index (χ0v) is 11.5. The largest absolute Gasteiger partial charge is 0.326 e. The third-order valence-electron chi connectivity index (χ3n) is 2.97. The van der Waals surface area contributed by atoms with Crippen molar-refractivity contribution in [3.8, 4) is 0 Å². The minimum atomic E-state index is -2.72. The molecule has 3 heteroatoms. The molecular weight excluding hydrogens is 232 g/mol. The predicted molar refractivity (Wildman–Crippen MR) is 71.8 cm³/mol. The van der Waals surface area contributed by atoms with Crippen molar-refractivity contribution in [2.45, 2.75) is 57.9 Å². The fourth-order valence-corrected chi connectivity index (χ4v) is 1.88. The Morgan fingerprint density at radius 2 is 1.83 bits per heavy atom. The quantitative estimate of drug-likeness (QED) is 0.808. The Morgan fingerprint density at radius 1 is 1.17 bits per heavy atom. The lowest BCUT2D eigenvalue weighted by Crippen LogP contribution is -2.32. The Hall–Kier alpha value is -0.960. The van der Waals surface area contributed by atoms with Crippen molar-refractivity contribution in [1.29, 1.82) is 0 Å². The molecule has 0 fully saturated rings. The van der Waals surface area contributed by atoms with E-state index in [9.17, 15) is 8.78 Å². The number of halogens is 2. The molecule has 0 spiro atoms. The molecule has 0 atom stereocenters. The lowest BCUT2D eigenvalue weighted by atomic mass is 9.94. The van der Waals surface area contributed by atoms with Crippen molar-refractivity contribution in [3.63, 3.8) is 0 Å². The van der Waals surface area contributed by atoms with E-state index in [0.717, 1.165) is 18.4 Å². The third kappa shape index (κ3) is 4.73. The maximum Gasteiger partial charge on any atom is 0.273 e. The van der Waals surface area contributed by atoms with Crippen LogP contribution in [0.5, 0.6) is 0 Å². The molecule has 0 amide bonds. The molecule has 0 aliphatic carbocycles. The summed E-state index contributed by atoms with van der Waals surface area (Å²) >= 11 is 0. The van der Waals surface area contributed by atoms with Crippen molar-refractivity contribution < 1.29 is 8.78 Å². The van der Waals surface area contributed by atoms with Crippen LogP contribution in [0.25, 0.3) is 0 Å². The fourth-order valence-electron chi connectivity index (χ4n) is 1.88. The van der Waals surface area contributed by atoms with E-state index in [0.29, 0.717) is 6.42 Å². The summed E-state index contributed by atoms with van der Waals surface area (Å²) < 4.78 is 27.6. The molecule has 0 unspecified atom stereocenters. The normalized spacial score (nSPS) is 12.8. The number of hydrogen-bond donors (Lipinski definition) is 1. The molecule has 2 N–H and O–H groups in total. The highest BCUT2D eigenvalue weighted by Crippen LogP contribution is 2.33. The first-order valence-electron chi connectivity index (χ1n) is 6.51. The van der Waals surface area contributed by atoms with Gasteiger partial charge in [-0.05, 0) is 38.3 Å². The lowest BCUT2D eigenvalue weighted by molar-refractivity contribution is -0.0140. The van der Waals surface area contributed by atoms with Crippen LogP contribution >= 0.6 is 0 Å². The first-order valence-corrected chi connectivity index (χ1v) is 6.51. The van der Waals surface area contributed by atoms with Gasteiger partial charge in [0.25, 0.3) is 5.92 Å². The summed E-state index contributed by atoms with van der Waals surface area (Å²) in [6.07, 6.45) is 1.90. The minimum absolute atomic E-state index is 0.0984. The molecule has 1 aromatic carbocycles. The molecule has 0 aromatic heterocycles. The Labute approximate surface area is 108 Å². The van der Waals surface area contributed by atoms with E-state index in [1.54, 1.807) is 19.1 Å².